The second kappa shape index (κ2) is 5.77. The van der Waals surface area contributed by atoms with Gasteiger partial charge in [0.15, 0.2) is 6.04 Å². The normalized spacial score (nSPS) is 12.7. The van der Waals surface area contributed by atoms with Gasteiger partial charge in [-0.15, -0.1) is 6.58 Å². The van der Waals surface area contributed by atoms with E-state index in [4.69, 9.17) is 4.74 Å². The van der Waals surface area contributed by atoms with Gasteiger partial charge < -0.3 is 4.74 Å². The molecule has 0 aliphatic carbocycles. The summed E-state index contributed by atoms with van der Waals surface area (Å²) in [6, 6.07) is 3.70. The topological polar surface area (TPSA) is 29.5 Å². The van der Waals surface area contributed by atoms with E-state index in [1.807, 2.05) is 0 Å². The molecule has 1 rings (SSSR count). The minimum atomic E-state index is -4.58. The predicted molar refractivity (Wildman–Crippen MR) is 66.2 cm³/mol. The summed E-state index contributed by atoms with van der Waals surface area (Å²) in [7, 11) is 1.44. The second-order valence-electron chi connectivity index (χ2n) is 3.81. The van der Waals surface area contributed by atoms with Crippen molar-refractivity contribution in [2.24, 2.45) is 0 Å². The third kappa shape index (κ3) is 3.49. The highest BCUT2D eigenvalue weighted by molar-refractivity contribution is 5.92. The molecule has 6 heteroatoms. The lowest BCUT2D eigenvalue weighted by atomic mass is 10.2. The lowest BCUT2D eigenvalue weighted by molar-refractivity contribution is -0.144. The summed E-state index contributed by atoms with van der Waals surface area (Å²) in [5.74, 6) is -0.221. The molecule has 0 aromatic heterocycles. The number of anilines is 1. The Morgan fingerprint density at radius 2 is 1.89 bits per heavy atom. The van der Waals surface area contributed by atoms with Crippen molar-refractivity contribution < 1.29 is 22.7 Å². The number of benzene rings is 1. The average Bonchev–Trinajstić information content (AvgIpc) is 2.34. The summed E-state index contributed by atoms with van der Waals surface area (Å²) < 4.78 is 43.5. The molecule has 0 heterocycles. The molecule has 0 saturated heterocycles. The van der Waals surface area contributed by atoms with Gasteiger partial charge in [0, 0.05) is 12.6 Å². The number of carbonyl (C=O) groups excluding carboxylic acids is 1. The van der Waals surface area contributed by atoms with Crippen LogP contribution in [0.15, 0.2) is 36.9 Å². The first-order valence-electron chi connectivity index (χ1n) is 5.44. The Labute approximate surface area is 109 Å². The van der Waals surface area contributed by atoms with E-state index in [1.54, 1.807) is 0 Å². The maximum absolute atomic E-state index is 12.9. The first-order valence-corrected chi connectivity index (χ1v) is 5.44. The van der Waals surface area contributed by atoms with E-state index in [9.17, 15) is 18.0 Å². The van der Waals surface area contributed by atoms with Gasteiger partial charge in [0.25, 0.3) is 0 Å². The van der Waals surface area contributed by atoms with Crippen LogP contribution in [0, 0.1) is 0 Å². The number of amides is 1. The van der Waals surface area contributed by atoms with Crippen LogP contribution in [0.25, 0.3) is 0 Å². The second-order valence-corrected chi connectivity index (χ2v) is 3.81. The molecule has 0 spiro atoms. The number of ether oxygens (including phenoxy) is 1. The third-order valence-corrected chi connectivity index (χ3v) is 2.53. The molecule has 0 radical (unpaired) electrons. The Bertz CT molecular complexity index is 454. The quantitative estimate of drug-likeness (QED) is 0.789. The fraction of sp³-hybridized carbons (Fsp3) is 0.308. The van der Waals surface area contributed by atoms with E-state index in [-0.39, 0.29) is 5.69 Å². The molecule has 3 nitrogen and oxygen atoms in total. The van der Waals surface area contributed by atoms with E-state index in [2.05, 4.69) is 6.58 Å². The van der Waals surface area contributed by atoms with Gasteiger partial charge in [0.2, 0.25) is 5.91 Å². The van der Waals surface area contributed by atoms with Gasteiger partial charge in [-0.25, -0.2) is 0 Å². The standard InChI is InChI=1S/C13H14F3NO2/c1-4-12(13(14,15)16)17(9(2)18)10-5-7-11(19-3)8-6-10/h4-8,12H,1H2,2-3H3. The van der Waals surface area contributed by atoms with Crippen molar-refractivity contribution in [2.45, 2.75) is 19.1 Å². The lowest BCUT2D eigenvalue weighted by Gasteiger charge is -2.30. The molecule has 0 fully saturated rings. The van der Waals surface area contributed by atoms with Crippen molar-refractivity contribution >= 4 is 11.6 Å². The smallest absolute Gasteiger partial charge is 0.412 e. The summed E-state index contributed by atoms with van der Waals surface area (Å²) in [6.45, 7) is 4.23. The molecule has 1 aromatic rings. The van der Waals surface area contributed by atoms with Crippen molar-refractivity contribution in [3.8, 4) is 5.75 Å². The molecule has 1 atom stereocenters. The molecule has 1 aromatic carbocycles. The summed E-state index contributed by atoms with van der Waals surface area (Å²) in [5, 5.41) is 0. The Morgan fingerprint density at radius 3 is 2.21 bits per heavy atom. The number of alkyl halides is 3. The van der Waals surface area contributed by atoms with Gasteiger partial charge in [-0.2, -0.15) is 13.2 Å². The average molecular weight is 273 g/mol. The van der Waals surface area contributed by atoms with Crippen LogP contribution in [0.5, 0.6) is 5.75 Å². The summed E-state index contributed by atoms with van der Waals surface area (Å²) in [6.07, 6.45) is -3.88. The SMILES string of the molecule is C=CC(N(C(C)=O)c1ccc(OC)cc1)C(F)(F)F. The van der Waals surface area contributed by atoms with Crippen molar-refractivity contribution in [3.63, 3.8) is 0 Å². The zero-order valence-corrected chi connectivity index (χ0v) is 10.6. The minimum absolute atomic E-state index is 0.135. The summed E-state index contributed by atoms with van der Waals surface area (Å²) in [4.78, 5) is 12.1. The van der Waals surface area contributed by atoms with Crippen LogP contribution >= 0.6 is 0 Å². The van der Waals surface area contributed by atoms with Gasteiger partial charge in [-0.05, 0) is 24.3 Å². The molecule has 19 heavy (non-hydrogen) atoms. The van der Waals surface area contributed by atoms with Gasteiger partial charge in [0.1, 0.15) is 5.75 Å². The number of hydrogen-bond acceptors (Lipinski definition) is 2. The summed E-state index contributed by atoms with van der Waals surface area (Å²) in [5.41, 5.74) is 0.135. The third-order valence-electron chi connectivity index (χ3n) is 2.53. The first kappa shape index (κ1) is 15.1. The molecule has 0 aliphatic heterocycles. The lowest BCUT2D eigenvalue weighted by Crippen LogP contribution is -2.47. The highest BCUT2D eigenvalue weighted by atomic mass is 19.4. The minimum Gasteiger partial charge on any atom is -0.497 e. The van der Waals surface area contributed by atoms with Gasteiger partial charge in [-0.3, -0.25) is 9.69 Å². The largest absolute Gasteiger partial charge is 0.497 e. The number of nitrogens with zero attached hydrogens (tertiary/aromatic N) is 1. The van der Waals surface area contributed by atoms with Crippen LogP contribution in [0.2, 0.25) is 0 Å². The fourth-order valence-corrected chi connectivity index (χ4v) is 1.67. The van der Waals surface area contributed by atoms with Crippen molar-refractivity contribution in [3.05, 3.63) is 36.9 Å². The molecule has 0 bridgehead atoms. The van der Waals surface area contributed by atoms with Crippen molar-refractivity contribution in [2.75, 3.05) is 12.0 Å². The van der Waals surface area contributed by atoms with Crippen LogP contribution in [0.1, 0.15) is 6.92 Å². The van der Waals surface area contributed by atoms with E-state index in [1.165, 1.54) is 31.4 Å². The maximum atomic E-state index is 12.9. The Balaban J connectivity index is 3.19. The maximum Gasteiger partial charge on any atom is 0.412 e. The molecule has 104 valence electrons. The number of methoxy groups -OCH3 is 1. The molecule has 1 unspecified atom stereocenters. The van der Waals surface area contributed by atoms with Crippen LogP contribution in [0.3, 0.4) is 0 Å². The number of halogens is 3. The fourth-order valence-electron chi connectivity index (χ4n) is 1.67. The van der Waals surface area contributed by atoms with Gasteiger partial charge in [0.05, 0.1) is 7.11 Å². The van der Waals surface area contributed by atoms with E-state index in [0.29, 0.717) is 16.7 Å². The van der Waals surface area contributed by atoms with Crippen molar-refractivity contribution in [1.29, 1.82) is 0 Å². The Hall–Kier alpha value is -1.98. The number of hydrogen-bond donors (Lipinski definition) is 0. The zero-order chi connectivity index (χ0) is 14.6. The molecular formula is C13H14F3NO2. The number of carbonyl (C=O) groups is 1. The summed E-state index contributed by atoms with van der Waals surface area (Å²) >= 11 is 0. The van der Waals surface area contributed by atoms with Crippen LogP contribution < -0.4 is 9.64 Å². The molecule has 0 N–H and O–H groups in total. The van der Waals surface area contributed by atoms with Crippen LogP contribution in [-0.4, -0.2) is 25.2 Å². The first-order chi connectivity index (χ1) is 8.81. The van der Waals surface area contributed by atoms with Crippen LogP contribution in [-0.2, 0) is 4.79 Å². The van der Waals surface area contributed by atoms with Crippen molar-refractivity contribution in [1.82, 2.24) is 0 Å². The van der Waals surface area contributed by atoms with Gasteiger partial charge >= 0.3 is 6.18 Å². The Morgan fingerprint density at radius 1 is 1.37 bits per heavy atom. The molecule has 0 saturated carbocycles. The highest BCUT2D eigenvalue weighted by Crippen LogP contribution is 2.30. The van der Waals surface area contributed by atoms with Gasteiger partial charge in [-0.1, -0.05) is 6.08 Å². The highest BCUT2D eigenvalue weighted by Gasteiger charge is 2.43. The van der Waals surface area contributed by atoms with E-state index >= 15 is 0 Å². The molecule has 1 amide bonds. The van der Waals surface area contributed by atoms with Crippen LogP contribution in [0.4, 0.5) is 18.9 Å². The molecular weight excluding hydrogens is 259 g/mol. The van der Waals surface area contributed by atoms with E-state index < -0.39 is 18.1 Å². The Kier molecular flexibility index (Phi) is 4.58. The zero-order valence-electron chi connectivity index (χ0n) is 10.6. The predicted octanol–water partition coefficient (Wildman–Crippen LogP) is 3.17. The molecule has 0 aliphatic rings. The monoisotopic (exact) mass is 273 g/mol. The van der Waals surface area contributed by atoms with E-state index in [0.717, 1.165) is 6.92 Å². The number of rotatable bonds is 4.